The van der Waals surface area contributed by atoms with Gasteiger partial charge >= 0.3 is 0 Å². The van der Waals surface area contributed by atoms with Crippen molar-refractivity contribution < 1.29 is 0 Å². The van der Waals surface area contributed by atoms with Crippen LogP contribution in [0.5, 0.6) is 0 Å². The topological polar surface area (TPSA) is 28.7 Å². The van der Waals surface area contributed by atoms with E-state index in [0.29, 0.717) is 0 Å². The Bertz CT molecular complexity index is 609. The van der Waals surface area contributed by atoms with Crippen molar-refractivity contribution in [1.29, 1.82) is 0 Å². The van der Waals surface area contributed by atoms with Crippen LogP contribution in [0.15, 0.2) is 36.5 Å². The first-order valence-corrected chi connectivity index (χ1v) is 6.68. The Morgan fingerprint density at radius 3 is 2.33 bits per heavy atom. The van der Waals surface area contributed by atoms with Crippen molar-refractivity contribution in [2.45, 2.75) is 34.6 Å². The van der Waals surface area contributed by atoms with Crippen LogP contribution in [-0.2, 0) is 0 Å². The molecule has 0 atom stereocenters. The van der Waals surface area contributed by atoms with Crippen LogP contribution in [0.4, 0.5) is 0 Å². The summed E-state index contributed by atoms with van der Waals surface area (Å²) in [6.07, 6.45) is 1.89. The third kappa shape index (κ3) is 2.53. The van der Waals surface area contributed by atoms with Crippen LogP contribution in [-0.4, -0.2) is 10.2 Å². The summed E-state index contributed by atoms with van der Waals surface area (Å²) in [6, 6.07) is 10.6. The first kappa shape index (κ1) is 14.2. The fourth-order valence-electron chi connectivity index (χ4n) is 1.97. The molecule has 0 aliphatic rings. The van der Waals surface area contributed by atoms with Crippen molar-refractivity contribution >= 4 is 21.7 Å². The van der Waals surface area contributed by atoms with Crippen LogP contribution in [0.2, 0.25) is 0 Å². The maximum absolute atomic E-state index is 4.06. The minimum Gasteiger partial charge on any atom is -0.278 e. The molecule has 0 fully saturated rings. The summed E-state index contributed by atoms with van der Waals surface area (Å²) in [5, 5.41) is 10.8. The second-order valence-electron chi connectivity index (χ2n) is 3.55. The zero-order chi connectivity index (χ0) is 13.5. The van der Waals surface area contributed by atoms with E-state index in [9.17, 15) is 0 Å². The molecule has 2 aromatic carbocycles. The zero-order valence-corrected chi connectivity index (χ0v) is 11.9. The van der Waals surface area contributed by atoms with Gasteiger partial charge in [0.15, 0.2) is 0 Å². The standard InChI is InChI=1S/C12H10N2.2C2H6/c1-8-10-5-3-2-4-9(10)6-12-11(8)7-13-14-12;2*1-2/h2-7H,1H3,(H,13,14);2*1-2H3. The number of aromatic nitrogens is 2. The number of fused-ring (bicyclic) bond motifs is 2. The van der Waals surface area contributed by atoms with Crippen LogP contribution in [0, 0.1) is 6.92 Å². The summed E-state index contributed by atoms with van der Waals surface area (Å²) in [6.45, 7) is 10.1. The lowest BCUT2D eigenvalue weighted by atomic mass is 10.0. The third-order valence-electron chi connectivity index (χ3n) is 2.74. The lowest BCUT2D eigenvalue weighted by Crippen LogP contribution is -1.79. The minimum absolute atomic E-state index is 1.11. The summed E-state index contributed by atoms with van der Waals surface area (Å²) in [4.78, 5) is 0. The monoisotopic (exact) mass is 242 g/mol. The van der Waals surface area contributed by atoms with Crippen LogP contribution in [0.3, 0.4) is 0 Å². The van der Waals surface area contributed by atoms with Gasteiger partial charge in [0.2, 0.25) is 0 Å². The Kier molecular flexibility index (Phi) is 5.37. The van der Waals surface area contributed by atoms with E-state index >= 15 is 0 Å². The van der Waals surface area contributed by atoms with E-state index in [1.165, 1.54) is 21.7 Å². The average Bonchev–Trinajstić information content (AvgIpc) is 2.92. The van der Waals surface area contributed by atoms with Crippen LogP contribution >= 0.6 is 0 Å². The first-order valence-electron chi connectivity index (χ1n) is 6.68. The van der Waals surface area contributed by atoms with Crippen LogP contribution in [0.25, 0.3) is 21.7 Å². The normalized spacial score (nSPS) is 9.39. The van der Waals surface area contributed by atoms with Crippen molar-refractivity contribution in [1.82, 2.24) is 10.2 Å². The number of rotatable bonds is 0. The first-order chi connectivity index (χ1) is 8.86. The van der Waals surface area contributed by atoms with E-state index in [0.717, 1.165) is 5.52 Å². The van der Waals surface area contributed by atoms with Gasteiger partial charge in [-0.15, -0.1) is 0 Å². The highest BCUT2D eigenvalue weighted by Gasteiger charge is 2.03. The van der Waals surface area contributed by atoms with Gasteiger partial charge in [0.05, 0.1) is 11.7 Å². The maximum atomic E-state index is 4.06. The lowest BCUT2D eigenvalue weighted by Gasteiger charge is -2.02. The van der Waals surface area contributed by atoms with Gasteiger partial charge in [-0.05, 0) is 29.3 Å². The second-order valence-corrected chi connectivity index (χ2v) is 3.55. The minimum atomic E-state index is 1.11. The Morgan fingerprint density at radius 1 is 0.944 bits per heavy atom. The molecule has 2 heteroatoms. The van der Waals surface area contributed by atoms with E-state index in [-0.39, 0.29) is 0 Å². The summed E-state index contributed by atoms with van der Waals surface area (Å²) in [5.74, 6) is 0. The number of aryl methyl sites for hydroxylation is 1. The number of benzene rings is 2. The molecule has 0 radical (unpaired) electrons. The van der Waals surface area contributed by atoms with E-state index < -0.39 is 0 Å². The molecule has 1 aromatic heterocycles. The predicted octanol–water partition coefficient (Wildman–Crippen LogP) is 5.08. The van der Waals surface area contributed by atoms with Gasteiger partial charge in [-0.2, -0.15) is 5.10 Å². The quantitative estimate of drug-likeness (QED) is 0.585. The van der Waals surface area contributed by atoms with Crippen molar-refractivity contribution in [3.63, 3.8) is 0 Å². The van der Waals surface area contributed by atoms with Crippen molar-refractivity contribution in [3.8, 4) is 0 Å². The molecule has 3 rings (SSSR count). The van der Waals surface area contributed by atoms with Crippen LogP contribution < -0.4 is 0 Å². The van der Waals surface area contributed by atoms with E-state index in [1.807, 2.05) is 33.9 Å². The number of nitrogens with one attached hydrogen (secondary N) is 1. The van der Waals surface area contributed by atoms with Gasteiger partial charge in [-0.1, -0.05) is 52.0 Å². The number of nitrogens with zero attached hydrogens (tertiary/aromatic N) is 1. The van der Waals surface area contributed by atoms with Crippen LogP contribution in [0.1, 0.15) is 33.3 Å². The number of hydrogen-bond donors (Lipinski definition) is 1. The van der Waals surface area contributed by atoms with Crippen molar-refractivity contribution in [3.05, 3.63) is 42.1 Å². The molecule has 0 saturated heterocycles. The summed E-state index contributed by atoms with van der Waals surface area (Å²) >= 11 is 0. The second kappa shape index (κ2) is 6.80. The molecule has 96 valence electrons. The summed E-state index contributed by atoms with van der Waals surface area (Å²) in [7, 11) is 0. The average molecular weight is 242 g/mol. The summed E-state index contributed by atoms with van der Waals surface area (Å²) in [5.41, 5.74) is 2.41. The Hall–Kier alpha value is -1.83. The highest BCUT2D eigenvalue weighted by molar-refractivity contribution is 6.00. The molecule has 2 nitrogen and oxygen atoms in total. The molecule has 0 aliphatic carbocycles. The molecule has 1 N–H and O–H groups in total. The number of aromatic amines is 1. The van der Waals surface area contributed by atoms with E-state index in [4.69, 9.17) is 0 Å². The maximum Gasteiger partial charge on any atom is 0.0659 e. The van der Waals surface area contributed by atoms with Gasteiger partial charge < -0.3 is 0 Å². The SMILES string of the molecule is CC.CC.Cc1c2ccccc2cc2[nH]ncc12. The van der Waals surface area contributed by atoms with Gasteiger partial charge in [-0.25, -0.2) is 0 Å². The highest BCUT2D eigenvalue weighted by atomic mass is 15.1. The highest BCUT2D eigenvalue weighted by Crippen LogP contribution is 2.25. The molecule has 3 aromatic rings. The van der Waals surface area contributed by atoms with Gasteiger partial charge in [0.25, 0.3) is 0 Å². The molecule has 0 spiro atoms. The molecule has 0 aliphatic heterocycles. The smallest absolute Gasteiger partial charge is 0.0659 e. The van der Waals surface area contributed by atoms with E-state index in [1.54, 1.807) is 0 Å². The van der Waals surface area contributed by atoms with Crippen molar-refractivity contribution in [2.75, 3.05) is 0 Å². The molecule has 0 saturated carbocycles. The largest absolute Gasteiger partial charge is 0.278 e. The van der Waals surface area contributed by atoms with Crippen molar-refractivity contribution in [2.24, 2.45) is 0 Å². The summed E-state index contributed by atoms with van der Waals surface area (Å²) < 4.78 is 0. The Morgan fingerprint density at radius 2 is 1.61 bits per heavy atom. The Labute approximate surface area is 109 Å². The number of hydrogen-bond acceptors (Lipinski definition) is 1. The fraction of sp³-hybridized carbons (Fsp3) is 0.312. The molecule has 0 bridgehead atoms. The predicted molar refractivity (Wildman–Crippen MR) is 81.0 cm³/mol. The Balaban J connectivity index is 0.000000371. The van der Waals surface area contributed by atoms with E-state index in [2.05, 4.69) is 47.5 Å². The van der Waals surface area contributed by atoms with Gasteiger partial charge in [0.1, 0.15) is 0 Å². The fourth-order valence-corrected chi connectivity index (χ4v) is 1.97. The molecule has 0 amide bonds. The zero-order valence-electron chi connectivity index (χ0n) is 11.9. The number of H-pyrrole nitrogens is 1. The molecule has 0 unspecified atom stereocenters. The van der Waals surface area contributed by atoms with Gasteiger partial charge in [-0.3, -0.25) is 5.10 Å². The molecule has 18 heavy (non-hydrogen) atoms. The lowest BCUT2D eigenvalue weighted by molar-refractivity contribution is 1.12. The van der Waals surface area contributed by atoms with Gasteiger partial charge in [0, 0.05) is 5.39 Å². The molecule has 1 heterocycles. The molecular formula is C16H22N2. The third-order valence-corrected chi connectivity index (χ3v) is 2.74. The molecular weight excluding hydrogens is 220 g/mol.